The number of halogens is 12. The van der Waals surface area contributed by atoms with Gasteiger partial charge in [-0.2, -0.15) is 0 Å². The Balaban J connectivity index is -0.000000362. The number of hydrogen-bond donors (Lipinski definition) is 0. The van der Waals surface area contributed by atoms with Crippen molar-refractivity contribution in [3.63, 3.8) is 0 Å². The third kappa shape index (κ3) is 44.0. The largest absolute Gasteiger partial charge is 1.00 e. The van der Waals surface area contributed by atoms with Crippen LogP contribution in [0.3, 0.4) is 0 Å². The second-order valence-electron chi connectivity index (χ2n) is 10.2. The smallest absolute Gasteiger partial charge is 0.412 e. The van der Waals surface area contributed by atoms with Crippen molar-refractivity contribution in [2.24, 2.45) is 0 Å². The molecule has 2 aromatic heterocycles. The summed E-state index contributed by atoms with van der Waals surface area (Å²) in [5, 5.41) is 0. The average Bonchev–Trinajstić information content (AvgIpc) is 3.04. The van der Waals surface area contributed by atoms with Crippen LogP contribution in [-0.2, 0) is 60.0 Å². The molecule has 0 atom stereocenters. The van der Waals surface area contributed by atoms with Crippen molar-refractivity contribution in [2.75, 3.05) is 26.2 Å². The van der Waals surface area contributed by atoms with Gasteiger partial charge in [-0.05, 0) is 48.5 Å². The number of rotatable bonds is 12. The van der Waals surface area contributed by atoms with Gasteiger partial charge in [-0.15, -0.1) is 0 Å². The molecule has 4 aromatic rings. The van der Waals surface area contributed by atoms with Crippen LogP contribution >= 0.6 is 15.6 Å². The minimum atomic E-state index is -10.7. The zero-order valence-corrected chi connectivity index (χ0v) is 32.1. The number of hydrogen-bond acceptors (Lipinski definition) is 4. The summed E-state index contributed by atoms with van der Waals surface area (Å²) in [6.45, 7) is 3.68. The van der Waals surface area contributed by atoms with Crippen molar-refractivity contribution >= 4 is 15.6 Å². The van der Waals surface area contributed by atoms with E-state index in [-0.39, 0.29) is 45.1 Å². The molecule has 0 aliphatic heterocycles. The molecule has 0 amide bonds. The topological polar surface area (TPSA) is 95.3 Å². The van der Waals surface area contributed by atoms with Crippen molar-refractivity contribution in [2.45, 2.75) is 39.7 Å². The van der Waals surface area contributed by atoms with Gasteiger partial charge in [-0.25, -0.2) is 0 Å². The predicted octanol–water partition coefficient (Wildman–Crippen LogP) is 11.4. The van der Waals surface area contributed by atoms with Gasteiger partial charge in [0, 0.05) is 68.2 Å². The number of benzene rings is 2. The van der Waals surface area contributed by atoms with Gasteiger partial charge >= 0.3 is 100 Å². The van der Waals surface area contributed by atoms with E-state index in [1.54, 1.807) is 12.4 Å². The standard InChI is InChI=1S/2C16H20N2.2Cu.2F6P.2H2O/c2*1-2-18(14-15-8-4-3-5-9-15)13-11-16-10-6-7-12-17-16;;;2*1-7(2,3,4,5)6;;/h2*3-10,12H,2,11,13-14H2,1H3;;;;;2*1H2/q;;2*+1;2*-1;;/i2*14D2;;;;;;. The van der Waals surface area contributed by atoms with Gasteiger partial charge in [-0.1, -0.05) is 86.6 Å². The van der Waals surface area contributed by atoms with Gasteiger partial charge in [0.2, 0.25) is 0 Å². The maximum atomic E-state index is 9.87. The first-order valence-corrected chi connectivity index (χ1v) is 18.8. The molecule has 22 heteroatoms. The third-order valence-electron chi connectivity index (χ3n) is 5.61. The van der Waals surface area contributed by atoms with Crippen LogP contribution in [0.25, 0.3) is 0 Å². The summed E-state index contributed by atoms with van der Waals surface area (Å²) in [7, 11) is -21.3. The number of nitrogens with zero attached hydrogens (tertiary/aromatic N) is 4. The zero-order valence-electron chi connectivity index (χ0n) is 32.5. The molecular formula is C32H44Cu2F12N4O2P2. The van der Waals surface area contributed by atoms with E-state index in [1.165, 1.54) is 0 Å². The van der Waals surface area contributed by atoms with E-state index < -0.39 is 28.6 Å². The van der Waals surface area contributed by atoms with Gasteiger partial charge in [-0.3, -0.25) is 19.8 Å². The summed E-state index contributed by atoms with van der Waals surface area (Å²) in [6.07, 6.45) is 5.05. The molecule has 0 unspecified atom stereocenters. The van der Waals surface area contributed by atoms with E-state index in [1.807, 2.05) is 121 Å². The third-order valence-corrected chi connectivity index (χ3v) is 5.61. The molecule has 6 nitrogen and oxygen atoms in total. The Morgan fingerprint density at radius 2 is 0.741 bits per heavy atom. The van der Waals surface area contributed by atoms with Gasteiger partial charge in [0.25, 0.3) is 0 Å². The predicted molar refractivity (Wildman–Crippen MR) is 185 cm³/mol. The fraction of sp³-hybridized carbons (Fsp3) is 0.312. The van der Waals surface area contributed by atoms with E-state index in [9.17, 15) is 50.4 Å². The number of pyridine rings is 2. The van der Waals surface area contributed by atoms with Crippen LogP contribution in [0.5, 0.6) is 0 Å². The molecule has 0 aliphatic carbocycles. The van der Waals surface area contributed by atoms with Crippen molar-refractivity contribution < 1.29 is 101 Å². The van der Waals surface area contributed by atoms with Crippen molar-refractivity contribution in [1.82, 2.24) is 19.8 Å². The van der Waals surface area contributed by atoms with E-state index in [2.05, 4.69) is 9.97 Å². The molecule has 4 rings (SSSR count). The molecule has 4 N–H and O–H groups in total. The van der Waals surface area contributed by atoms with Crippen LogP contribution in [0.15, 0.2) is 109 Å². The van der Waals surface area contributed by atoms with Gasteiger partial charge < -0.3 is 11.0 Å². The second-order valence-corrected chi connectivity index (χ2v) is 14.0. The van der Waals surface area contributed by atoms with Crippen molar-refractivity contribution in [1.29, 1.82) is 0 Å². The molecular weight excluding hydrogens is 889 g/mol. The molecule has 2 heterocycles. The Morgan fingerprint density at radius 3 is 0.963 bits per heavy atom. The summed E-state index contributed by atoms with van der Waals surface area (Å²) in [4.78, 5) is 12.3. The second kappa shape index (κ2) is 23.0. The molecule has 54 heavy (non-hydrogen) atoms. The van der Waals surface area contributed by atoms with E-state index in [0.29, 0.717) is 37.3 Å². The average molecular weight is 938 g/mol. The molecule has 0 radical (unpaired) electrons. The van der Waals surface area contributed by atoms with Crippen LogP contribution in [0.1, 0.15) is 41.8 Å². The van der Waals surface area contributed by atoms with Crippen molar-refractivity contribution in [3.05, 3.63) is 132 Å². The summed E-state index contributed by atoms with van der Waals surface area (Å²) >= 11 is 0. The molecule has 320 valence electrons. The van der Waals surface area contributed by atoms with Crippen LogP contribution < -0.4 is 0 Å². The Labute approximate surface area is 333 Å². The quantitative estimate of drug-likeness (QED) is 0.0803. The van der Waals surface area contributed by atoms with E-state index in [4.69, 9.17) is 5.48 Å². The summed E-state index contributed by atoms with van der Waals surface area (Å²) in [6, 6.07) is 30.3. The van der Waals surface area contributed by atoms with Crippen LogP contribution in [0, 0.1) is 0 Å². The molecule has 0 fully saturated rings. The molecule has 0 spiro atoms. The fourth-order valence-corrected chi connectivity index (χ4v) is 3.57. The summed E-state index contributed by atoms with van der Waals surface area (Å²) in [5.41, 5.74) is 3.38. The summed E-state index contributed by atoms with van der Waals surface area (Å²) < 4.78 is 152. The SMILES string of the molecule is F[P-](F)(F)(F)(F)F.F[P-](F)(F)(F)(F)F.O.O.[2H]C([2H])(c1ccccc1)N(CC)CCc1ccccn1.[2H]C([2H])(c1ccccc1)N(CC)CCc1ccccn1.[Cu+].[Cu+]. The first kappa shape index (κ1) is 49.7. The molecule has 0 aliphatic rings. The van der Waals surface area contributed by atoms with Crippen molar-refractivity contribution in [3.8, 4) is 0 Å². The van der Waals surface area contributed by atoms with Crippen LogP contribution in [0.2, 0.25) is 0 Å². The number of aromatic nitrogens is 2. The number of likely N-dealkylation sites (N-methyl/N-ethyl adjacent to an activating group) is 2. The van der Waals surface area contributed by atoms with Gasteiger partial charge in [0.15, 0.2) is 0 Å². The minimum absolute atomic E-state index is 0. The van der Waals surface area contributed by atoms with E-state index >= 15 is 0 Å². The molecule has 2 aromatic carbocycles. The fourth-order valence-electron chi connectivity index (χ4n) is 3.57. The van der Waals surface area contributed by atoms with Crippen LogP contribution in [-0.4, -0.2) is 56.9 Å². The maximum Gasteiger partial charge on any atom is 1.00 e. The zero-order chi connectivity index (χ0) is 41.7. The van der Waals surface area contributed by atoms with E-state index in [0.717, 1.165) is 24.2 Å². The minimum Gasteiger partial charge on any atom is -0.412 e. The molecule has 0 saturated heterocycles. The Bertz CT molecular complexity index is 1550. The monoisotopic (exact) mass is 936 g/mol. The van der Waals surface area contributed by atoms with Gasteiger partial charge in [0.05, 0.1) is 0 Å². The first-order valence-electron chi connectivity index (χ1n) is 16.7. The molecule has 0 bridgehead atoms. The van der Waals surface area contributed by atoms with Crippen LogP contribution in [0.4, 0.5) is 50.4 Å². The van der Waals surface area contributed by atoms with Gasteiger partial charge in [0.1, 0.15) is 0 Å². The molecule has 0 saturated carbocycles. The maximum absolute atomic E-state index is 10.7. The summed E-state index contributed by atoms with van der Waals surface area (Å²) in [5.74, 6) is 0. The Hall–Kier alpha value is -2.36. The Morgan fingerprint density at radius 1 is 0.481 bits per heavy atom. The normalized spacial score (nSPS) is 14.8. The first-order chi connectivity index (χ1) is 24.2. The Kier molecular flexibility index (Phi) is 21.2.